The van der Waals surface area contributed by atoms with Crippen molar-refractivity contribution in [1.82, 2.24) is 36.5 Å². The minimum atomic E-state index is -1.30. The number of carbonyl (C=O) groups excluding carboxylic acids is 11. The molecule has 0 bridgehead atoms. The first kappa shape index (κ1) is 76.2. The number of hydroxylamine groups is 2. The van der Waals surface area contributed by atoms with Crippen LogP contribution in [0.25, 0.3) is 0 Å². The SMILES string of the molecule is COCCOCCOCCOCCC(=O)N(CCC(=O)N[C@H](C(=O)N[C@@H](C)C(=O)NCc1ccc([C@H]2O[C@@H]2[C@@H](C)[C@@H]2C/C=C/C(=O)N[C@H](Cc3ccc(OC)c(Cl)c3)C(=O)NCC(C)(C)C(=O)O[C@@H](CC(C)C)C(=O)O2)cc1)C(C)C)CCC(=O)ON1C(=O)CCC1=O. The zero-order valence-electron chi connectivity index (χ0n) is 54.8. The highest BCUT2D eigenvalue weighted by molar-refractivity contribution is 6.32. The number of ether oxygens (including phenoxy) is 8. The Bertz CT molecular complexity index is 2910. The van der Waals surface area contributed by atoms with Gasteiger partial charge in [-0.2, -0.15) is 0 Å². The summed E-state index contributed by atoms with van der Waals surface area (Å²) >= 11 is 6.39. The lowest BCUT2D eigenvalue weighted by molar-refractivity contribution is -0.197. The first-order valence-electron chi connectivity index (χ1n) is 31.4. The molecule has 0 saturated carbocycles. The molecule has 514 valence electrons. The van der Waals surface area contributed by atoms with Crippen LogP contribution in [0.15, 0.2) is 54.6 Å². The second-order valence-electron chi connectivity index (χ2n) is 24.3. The van der Waals surface area contributed by atoms with Crippen molar-refractivity contribution >= 4 is 76.8 Å². The second-order valence-corrected chi connectivity index (χ2v) is 24.7. The molecule has 3 heterocycles. The highest BCUT2D eigenvalue weighted by Crippen LogP contribution is 2.45. The van der Waals surface area contributed by atoms with Crippen LogP contribution >= 0.6 is 11.6 Å². The number of epoxide rings is 1. The van der Waals surface area contributed by atoms with Crippen molar-refractivity contribution in [2.75, 3.05) is 80.1 Å². The Labute approximate surface area is 547 Å². The number of amides is 8. The van der Waals surface area contributed by atoms with E-state index in [-0.39, 0.29) is 96.9 Å². The number of hydrogen-bond acceptors (Lipinski definition) is 20. The van der Waals surface area contributed by atoms with Gasteiger partial charge in [0.1, 0.15) is 36.1 Å². The molecular formula is C65H92ClN7O20. The van der Waals surface area contributed by atoms with E-state index in [0.717, 1.165) is 11.1 Å². The van der Waals surface area contributed by atoms with Crippen LogP contribution < -0.4 is 31.3 Å². The zero-order chi connectivity index (χ0) is 68.4. The van der Waals surface area contributed by atoms with Crippen LogP contribution in [0.2, 0.25) is 5.02 Å². The molecule has 8 atom stereocenters. The van der Waals surface area contributed by atoms with Crippen molar-refractivity contribution < 1.29 is 95.5 Å². The maximum atomic E-state index is 14.0. The average molecular weight is 1330 g/mol. The van der Waals surface area contributed by atoms with E-state index in [9.17, 15) is 52.7 Å². The fourth-order valence-corrected chi connectivity index (χ4v) is 10.1. The van der Waals surface area contributed by atoms with E-state index in [1.807, 2.05) is 32.9 Å². The van der Waals surface area contributed by atoms with Gasteiger partial charge in [-0.3, -0.25) is 43.2 Å². The van der Waals surface area contributed by atoms with Gasteiger partial charge in [0.15, 0.2) is 6.10 Å². The molecule has 5 rings (SSSR count). The molecule has 27 nitrogen and oxygen atoms in total. The van der Waals surface area contributed by atoms with Crippen LogP contribution in [-0.2, 0) is 104 Å². The fourth-order valence-electron chi connectivity index (χ4n) is 9.77. The van der Waals surface area contributed by atoms with Gasteiger partial charge in [-0.05, 0) is 73.9 Å². The number of esters is 2. The summed E-state index contributed by atoms with van der Waals surface area (Å²) in [5.41, 5.74) is 0.849. The summed E-state index contributed by atoms with van der Waals surface area (Å²) in [5, 5.41) is 14.4. The van der Waals surface area contributed by atoms with Crippen LogP contribution in [0.1, 0.15) is 123 Å². The number of nitrogens with zero attached hydrogens (tertiary/aromatic N) is 2. The Kier molecular flexibility index (Phi) is 31.1. The van der Waals surface area contributed by atoms with Gasteiger partial charge in [0, 0.05) is 71.3 Å². The van der Waals surface area contributed by atoms with Crippen molar-refractivity contribution in [3.8, 4) is 5.75 Å². The van der Waals surface area contributed by atoms with E-state index >= 15 is 0 Å². The van der Waals surface area contributed by atoms with Gasteiger partial charge >= 0.3 is 17.9 Å². The molecule has 28 heteroatoms. The number of carbonyl (C=O) groups is 11. The summed E-state index contributed by atoms with van der Waals surface area (Å²) in [5.74, 6) is -7.68. The summed E-state index contributed by atoms with van der Waals surface area (Å²) in [4.78, 5) is 152. The van der Waals surface area contributed by atoms with Gasteiger partial charge in [-0.25, -0.2) is 9.59 Å². The Morgan fingerprint density at radius 2 is 1.41 bits per heavy atom. The van der Waals surface area contributed by atoms with Crippen LogP contribution in [0.3, 0.4) is 0 Å². The molecule has 0 aromatic heterocycles. The van der Waals surface area contributed by atoms with Gasteiger partial charge in [0.05, 0.1) is 82.7 Å². The molecule has 2 saturated heterocycles. The lowest BCUT2D eigenvalue weighted by Gasteiger charge is -2.29. The molecule has 0 unspecified atom stereocenters. The summed E-state index contributed by atoms with van der Waals surface area (Å²) in [7, 11) is 3.05. The van der Waals surface area contributed by atoms with Gasteiger partial charge in [-0.1, -0.05) is 82.6 Å². The van der Waals surface area contributed by atoms with Gasteiger partial charge in [0.25, 0.3) is 11.8 Å². The quantitative estimate of drug-likeness (QED) is 0.0289. The summed E-state index contributed by atoms with van der Waals surface area (Å²) in [6, 6.07) is 9.09. The standard InChI is InChI=1S/C65H92ClN7O20/c1-39(2)34-50-63(83)90-48(12-11-13-51(74)70-47(36-44-16-19-49(86-10)46(66)35-44)61(81)68-38-65(7,8)64(84)91-50)41(5)58-59(92-58)45-17-14-43(15-18-45)37-67-60(80)42(6)69-62(82)57(40(3)4)71-52(75)22-25-72(26-23-56(79)93-73-54(77)20-21-55(73)78)53(76)24-27-87-30-31-89-33-32-88-29-28-85-9/h11,13-19,35,39-42,47-48,50,57-59H,12,20-34,36-38H2,1-10H3,(H,67,80)(H,68,81)(H,69,82)(H,70,74)(H,71,75)/b13-11+/t41-,42-,47+,48-,50-,57-,58+,59+/m0/s1. The molecule has 2 aromatic carbocycles. The Morgan fingerprint density at radius 3 is 2.03 bits per heavy atom. The van der Waals surface area contributed by atoms with E-state index in [2.05, 4.69) is 26.6 Å². The van der Waals surface area contributed by atoms with E-state index in [0.29, 0.717) is 47.8 Å². The first-order chi connectivity index (χ1) is 44.2. The minimum Gasteiger partial charge on any atom is -0.495 e. The predicted octanol–water partition coefficient (Wildman–Crippen LogP) is 3.69. The molecule has 3 aliphatic rings. The smallest absolute Gasteiger partial charge is 0.347 e. The lowest BCUT2D eigenvalue weighted by Crippen LogP contribution is -2.54. The van der Waals surface area contributed by atoms with Crippen LogP contribution in [0.5, 0.6) is 5.75 Å². The summed E-state index contributed by atoms with van der Waals surface area (Å²) < 4.78 is 44.7. The van der Waals surface area contributed by atoms with Crippen LogP contribution in [-0.4, -0.2) is 192 Å². The van der Waals surface area contributed by atoms with Crippen molar-refractivity contribution in [2.45, 2.75) is 156 Å². The molecule has 3 aliphatic heterocycles. The molecule has 93 heavy (non-hydrogen) atoms. The third-order valence-electron chi connectivity index (χ3n) is 15.5. The highest BCUT2D eigenvalue weighted by atomic mass is 35.5. The van der Waals surface area contributed by atoms with E-state index < -0.39 is 131 Å². The highest BCUT2D eigenvalue weighted by Gasteiger charge is 2.48. The summed E-state index contributed by atoms with van der Waals surface area (Å²) in [6.45, 7) is 15.2. The van der Waals surface area contributed by atoms with Crippen molar-refractivity contribution in [2.24, 2.45) is 23.2 Å². The Balaban J connectivity index is 1.15. The number of nitrogens with one attached hydrogen (secondary N) is 5. The molecule has 2 fully saturated rings. The molecule has 5 N–H and O–H groups in total. The van der Waals surface area contributed by atoms with Crippen molar-refractivity contribution in [3.63, 3.8) is 0 Å². The third-order valence-corrected chi connectivity index (χ3v) is 15.7. The van der Waals surface area contributed by atoms with Crippen LogP contribution in [0.4, 0.5) is 0 Å². The van der Waals surface area contributed by atoms with Gasteiger partial charge in [0.2, 0.25) is 35.4 Å². The molecule has 8 amide bonds. The van der Waals surface area contributed by atoms with E-state index in [1.54, 1.807) is 71.2 Å². The second kappa shape index (κ2) is 38.0. The normalized spacial score (nSPS) is 20.7. The predicted molar refractivity (Wildman–Crippen MR) is 335 cm³/mol. The molecule has 0 radical (unpaired) electrons. The Hall–Kier alpha value is -7.56. The van der Waals surface area contributed by atoms with Crippen LogP contribution in [0, 0.1) is 23.2 Å². The maximum Gasteiger partial charge on any atom is 0.347 e. The topological polar surface area (TPSA) is 341 Å². The number of imide groups is 1. The lowest BCUT2D eigenvalue weighted by atomic mass is 9.92. The molecular weight excluding hydrogens is 1230 g/mol. The maximum absolute atomic E-state index is 14.0. The number of halogens is 1. The third kappa shape index (κ3) is 25.4. The average Bonchev–Trinajstić information content (AvgIpc) is 1.64. The molecule has 2 aromatic rings. The van der Waals surface area contributed by atoms with Gasteiger partial charge in [-0.15, -0.1) is 5.06 Å². The monoisotopic (exact) mass is 1330 g/mol. The molecule has 0 aliphatic carbocycles. The number of hydrogen-bond donors (Lipinski definition) is 5. The molecule has 0 spiro atoms. The summed E-state index contributed by atoms with van der Waals surface area (Å²) in [6.07, 6.45) is -0.922. The largest absolute Gasteiger partial charge is 0.495 e. The van der Waals surface area contributed by atoms with E-state index in [4.69, 9.17) is 54.3 Å². The number of cyclic esters (lactones) is 2. The minimum absolute atomic E-state index is 0.00421. The Morgan fingerprint density at radius 1 is 0.774 bits per heavy atom. The number of methoxy groups -OCH3 is 2. The van der Waals surface area contributed by atoms with Gasteiger partial charge < -0.3 is 74.2 Å². The first-order valence-corrected chi connectivity index (χ1v) is 31.8. The zero-order valence-corrected chi connectivity index (χ0v) is 55.6. The van der Waals surface area contributed by atoms with Crippen molar-refractivity contribution in [3.05, 3.63) is 76.3 Å². The number of benzene rings is 2. The van der Waals surface area contributed by atoms with E-state index in [1.165, 1.54) is 25.0 Å². The number of rotatable bonds is 34. The van der Waals surface area contributed by atoms with Crippen molar-refractivity contribution in [1.29, 1.82) is 0 Å². The fraction of sp³-hybridized carbons (Fsp3) is 0.615.